The second-order valence-corrected chi connectivity index (χ2v) is 7.52. The third-order valence-electron chi connectivity index (χ3n) is 4.85. The van der Waals surface area contributed by atoms with Crippen molar-refractivity contribution in [2.24, 2.45) is 0 Å². The van der Waals surface area contributed by atoms with Gasteiger partial charge in [-0.05, 0) is 74.0 Å². The first-order valence-electron chi connectivity index (χ1n) is 8.43. The van der Waals surface area contributed by atoms with Crippen molar-refractivity contribution in [1.82, 2.24) is 14.3 Å². The molecule has 0 saturated carbocycles. The minimum absolute atomic E-state index is 0.117. The molecule has 2 unspecified atom stereocenters. The number of nitrogens with zero attached hydrogens (tertiary/aromatic N) is 3. The fourth-order valence-electron chi connectivity index (χ4n) is 3.70. The Balaban J connectivity index is 2.16. The monoisotopic (exact) mass is 377 g/mol. The predicted molar refractivity (Wildman–Crippen MR) is 96.0 cm³/mol. The highest BCUT2D eigenvalue weighted by Gasteiger charge is 2.33. The molecule has 2 aromatic heterocycles. The molecule has 2 aromatic rings. The molecule has 0 bridgehead atoms. The van der Waals surface area contributed by atoms with Gasteiger partial charge >= 0.3 is 0 Å². The van der Waals surface area contributed by atoms with E-state index in [1.807, 2.05) is 23.6 Å². The summed E-state index contributed by atoms with van der Waals surface area (Å²) in [7, 11) is 0. The van der Waals surface area contributed by atoms with Gasteiger partial charge in [0.1, 0.15) is 5.69 Å². The van der Waals surface area contributed by atoms with Crippen LogP contribution in [0, 0.1) is 6.92 Å². The highest BCUT2D eigenvalue weighted by atomic mass is 79.9. The van der Waals surface area contributed by atoms with Gasteiger partial charge < -0.3 is 4.90 Å². The lowest BCUT2D eigenvalue weighted by Gasteiger charge is -2.39. The molecular weight excluding hydrogens is 354 g/mol. The maximum absolute atomic E-state index is 13.3. The van der Waals surface area contributed by atoms with Gasteiger partial charge in [0.15, 0.2) is 5.65 Å². The minimum Gasteiger partial charge on any atom is -0.332 e. The normalized spacial score (nSPS) is 21.9. The van der Waals surface area contributed by atoms with Crippen molar-refractivity contribution in [1.29, 1.82) is 0 Å². The van der Waals surface area contributed by atoms with Crippen molar-refractivity contribution < 1.29 is 4.79 Å². The van der Waals surface area contributed by atoms with Crippen LogP contribution in [0.2, 0.25) is 0 Å². The van der Waals surface area contributed by atoms with Crippen molar-refractivity contribution in [2.45, 2.75) is 65.5 Å². The molecular formula is C18H24BrN3O. The largest absolute Gasteiger partial charge is 0.332 e. The number of imidazole rings is 1. The lowest BCUT2D eigenvalue weighted by molar-refractivity contribution is 0.0502. The first-order valence-corrected chi connectivity index (χ1v) is 9.23. The molecule has 1 aliphatic heterocycles. The number of hydrogen-bond donors (Lipinski definition) is 0. The fourth-order valence-corrected chi connectivity index (χ4v) is 4.34. The Morgan fingerprint density at radius 1 is 1.35 bits per heavy atom. The van der Waals surface area contributed by atoms with E-state index in [0.29, 0.717) is 0 Å². The van der Waals surface area contributed by atoms with E-state index in [2.05, 4.69) is 41.6 Å². The van der Waals surface area contributed by atoms with Gasteiger partial charge in [0.05, 0.1) is 10.2 Å². The summed E-state index contributed by atoms with van der Waals surface area (Å²) in [5.74, 6) is 0.117. The topological polar surface area (TPSA) is 37.6 Å². The number of carbonyl (C=O) groups excluding carboxylic acids is 1. The van der Waals surface area contributed by atoms with Gasteiger partial charge in [0.2, 0.25) is 0 Å². The average Bonchev–Trinajstić information content (AvgIpc) is 2.85. The SMILES string of the molecule is CCc1nc2c(Br)cc(C)cn2c1C(=O)N1C(C)CCCC1C. The Morgan fingerprint density at radius 3 is 2.61 bits per heavy atom. The van der Waals surface area contributed by atoms with E-state index in [1.165, 1.54) is 6.42 Å². The zero-order valence-corrected chi connectivity index (χ0v) is 15.9. The highest BCUT2D eigenvalue weighted by molar-refractivity contribution is 9.10. The maximum atomic E-state index is 13.3. The highest BCUT2D eigenvalue weighted by Crippen LogP contribution is 2.28. The van der Waals surface area contributed by atoms with Crippen LogP contribution in [0.5, 0.6) is 0 Å². The van der Waals surface area contributed by atoms with Gasteiger partial charge in [-0.2, -0.15) is 0 Å². The number of piperidine rings is 1. The molecule has 1 aliphatic rings. The fraction of sp³-hybridized carbons (Fsp3) is 0.556. The number of aryl methyl sites for hydroxylation is 2. The number of pyridine rings is 1. The zero-order valence-electron chi connectivity index (χ0n) is 14.3. The molecule has 4 nitrogen and oxygen atoms in total. The van der Waals surface area contributed by atoms with Gasteiger partial charge in [-0.1, -0.05) is 6.92 Å². The number of hydrogen-bond acceptors (Lipinski definition) is 2. The lowest BCUT2D eigenvalue weighted by atomic mass is 9.97. The van der Waals surface area contributed by atoms with E-state index in [1.54, 1.807) is 0 Å². The van der Waals surface area contributed by atoms with E-state index in [-0.39, 0.29) is 18.0 Å². The summed E-state index contributed by atoms with van der Waals surface area (Å²) in [6.07, 6.45) is 6.13. The van der Waals surface area contributed by atoms with E-state index in [9.17, 15) is 4.79 Å². The molecule has 23 heavy (non-hydrogen) atoms. The van der Waals surface area contributed by atoms with Gasteiger partial charge in [0.25, 0.3) is 5.91 Å². The molecule has 1 amide bonds. The summed E-state index contributed by atoms with van der Waals surface area (Å²) in [5, 5.41) is 0. The first kappa shape index (κ1) is 16.5. The predicted octanol–water partition coefficient (Wildman–Crippen LogP) is 4.37. The lowest BCUT2D eigenvalue weighted by Crippen LogP contribution is -2.48. The Bertz CT molecular complexity index is 742. The van der Waals surface area contributed by atoms with E-state index >= 15 is 0 Å². The van der Waals surface area contributed by atoms with Crippen molar-refractivity contribution in [3.8, 4) is 0 Å². The molecule has 0 N–H and O–H groups in total. The van der Waals surface area contributed by atoms with Crippen molar-refractivity contribution in [3.63, 3.8) is 0 Å². The number of carbonyl (C=O) groups is 1. The maximum Gasteiger partial charge on any atom is 0.273 e. The number of rotatable bonds is 2. The van der Waals surface area contributed by atoms with Crippen LogP contribution >= 0.6 is 15.9 Å². The molecule has 1 saturated heterocycles. The van der Waals surface area contributed by atoms with Crippen LogP contribution in [0.15, 0.2) is 16.7 Å². The van der Waals surface area contributed by atoms with Crippen LogP contribution in [0.25, 0.3) is 5.65 Å². The molecule has 3 heterocycles. The van der Waals surface area contributed by atoms with Gasteiger partial charge in [0, 0.05) is 18.3 Å². The molecule has 124 valence electrons. The first-order chi connectivity index (χ1) is 10.9. The van der Waals surface area contributed by atoms with Crippen LogP contribution in [-0.2, 0) is 6.42 Å². The number of likely N-dealkylation sites (tertiary alicyclic amines) is 1. The zero-order chi connectivity index (χ0) is 16.7. The molecule has 0 radical (unpaired) electrons. The third-order valence-corrected chi connectivity index (χ3v) is 5.43. The summed E-state index contributed by atoms with van der Waals surface area (Å²) in [4.78, 5) is 20.1. The molecule has 2 atom stereocenters. The minimum atomic E-state index is 0.117. The van der Waals surface area contributed by atoms with E-state index in [4.69, 9.17) is 4.98 Å². The van der Waals surface area contributed by atoms with Gasteiger partial charge in [-0.25, -0.2) is 4.98 Å². The summed E-state index contributed by atoms with van der Waals surface area (Å²) in [6.45, 7) is 8.41. The quantitative estimate of drug-likeness (QED) is 0.778. The van der Waals surface area contributed by atoms with Crippen molar-refractivity contribution in [2.75, 3.05) is 0 Å². The van der Waals surface area contributed by atoms with Gasteiger partial charge in [-0.3, -0.25) is 9.20 Å². The Hall–Kier alpha value is -1.36. The van der Waals surface area contributed by atoms with Crippen LogP contribution in [0.3, 0.4) is 0 Å². The molecule has 0 aromatic carbocycles. The smallest absolute Gasteiger partial charge is 0.273 e. The van der Waals surface area contributed by atoms with Crippen molar-refractivity contribution in [3.05, 3.63) is 33.7 Å². The van der Waals surface area contributed by atoms with Crippen LogP contribution in [0.1, 0.15) is 61.8 Å². The van der Waals surface area contributed by atoms with Gasteiger partial charge in [-0.15, -0.1) is 0 Å². The Morgan fingerprint density at radius 2 is 2.00 bits per heavy atom. The number of fused-ring (bicyclic) bond motifs is 1. The second kappa shape index (κ2) is 6.27. The molecule has 5 heteroatoms. The number of aromatic nitrogens is 2. The Labute approximate surface area is 146 Å². The summed E-state index contributed by atoms with van der Waals surface area (Å²) in [5.41, 5.74) is 3.55. The second-order valence-electron chi connectivity index (χ2n) is 6.66. The van der Waals surface area contributed by atoms with Crippen LogP contribution in [0.4, 0.5) is 0 Å². The third kappa shape index (κ3) is 2.80. The molecule has 3 rings (SSSR count). The van der Waals surface area contributed by atoms with Crippen LogP contribution < -0.4 is 0 Å². The number of amides is 1. The molecule has 0 aliphatic carbocycles. The summed E-state index contributed by atoms with van der Waals surface area (Å²) >= 11 is 3.59. The molecule has 1 fully saturated rings. The molecule has 0 spiro atoms. The van der Waals surface area contributed by atoms with E-state index in [0.717, 1.165) is 46.3 Å². The average molecular weight is 378 g/mol. The summed E-state index contributed by atoms with van der Waals surface area (Å²) < 4.78 is 2.90. The number of halogens is 1. The van der Waals surface area contributed by atoms with Crippen LogP contribution in [-0.4, -0.2) is 32.3 Å². The van der Waals surface area contributed by atoms with E-state index < -0.39 is 0 Å². The standard InChI is InChI=1S/C18H24BrN3O/c1-5-15-16(18(23)22-12(3)7-6-8-13(22)4)21-10-11(2)9-14(19)17(21)20-15/h9-10,12-13H,5-8H2,1-4H3. The summed E-state index contributed by atoms with van der Waals surface area (Å²) in [6, 6.07) is 2.62. The van der Waals surface area contributed by atoms with Crippen molar-refractivity contribution >= 4 is 27.5 Å². The Kier molecular flexibility index (Phi) is 4.50.